The van der Waals surface area contributed by atoms with Crippen molar-refractivity contribution in [3.63, 3.8) is 0 Å². The maximum atomic E-state index is 13.1. The fourth-order valence-electron chi connectivity index (χ4n) is 2.11. The van der Waals surface area contributed by atoms with Crippen molar-refractivity contribution < 1.29 is 9.18 Å². The highest BCUT2D eigenvalue weighted by Gasteiger charge is 2.28. The minimum Gasteiger partial charge on any atom is -0.344 e. The van der Waals surface area contributed by atoms with Crippen LogP contribution < -0.4 is 5.32 Å². The Balaban J connectivity index is 1.95. The quantitative estimate of drug-likeness (QED) is 0.885. The number of aromatic nitrogens is 1. The molecule has 0 aliphatic rings. The summed E-state index contributed by atoms with van der Waals surface area (Å²) in [5.74, 6) is -0.312. The van der Waals surface area contributed by atoms with Crippen molar-refractivity contribution in [3.8, 4) is 0 Å². The van der Waals surface area contributed by atoms with E-state index in [4.69, 9.17) is 0 Å². The molecular weight excluding hydrogens is 287 g/mol. The van der Waals surface area contributed by atoms with E-state index >= 15 is 0 Å². The number of halogens is 1. The number of rotatable bonds is 6. The van der Waals surface area contributed by atoms with E-state index in [-0.39, 0.29) is 11.7 Å². The number of nitrogens with one attached hydrogen (secondary N) is 1. The van der Waals surface area contributed by atoms with E-state index in [0.29, 0.717) is 12.8 Å². The average molecular weight is 306 g/mol. The number of carbonyl (C=O) groups is 1. The lowest BCUT2D eigenvalue weighted by Gasteiger charge is -2.27. The zero-order chi connectivity index (χ0) is 15.3. The molecule has 1 unspecified atom stereocenters. The molecule has 1 aromatic heterocycles. The number of benzene rings is 1. The second kappa shape index (κ2) is 6.80. The van der Waals surface area contributed by atoms with Gasteiger partial charge in [0.2, 0.25) is 5.91 Å². The largest absolute Gasteiger partial charge is 0.344 e. The average Bonchev–Trinajstić information content (AvgIpc) is 3.00. The lowest BCUT2D eigenvalue weighted by Crippen LogP contribution is -2.43. The van der Waals surface area contributed by atoms with Crippen molar-refractivity contribution in [3.05, 3.63) is 52.2 Å². The zero-order valence-electron chi connectivity index (χ0n) is 12.2. The van der Waals surface area contributed by atoms with Crippen LogP contribution in [0.4, 0.5) is 4.39 Å². The summed E-state index contributed by atoms with van der Waals surface area (Å²) in [7, 11) is 0. The van der Waals surface area contributed by atoms with Crippen LogP contribution in [0.3, 0.4) is 0 Å². The molecule has 0 bridgehead atoms. The van der Waals surface area contributed by atoms with Gasteiger partial charge in [0.05, 0.1) is 5.54 Å². The molecule has 0 aliphatic heterocycles. The summed E-state index contributed by atoms with van der Waals surface area (Å²) in [6.45, 7) is 4.00. The van der Waals surface area contributed by atoms with Crippen LogP contribution in [0.2, 0.25) is 0 Å². The van der Waals surface area contributed by atoms with Gasteiger partial charge in [0.25, 0.3) is 0 Å². The molecule has 3 nitrogen and oxygen atoms in total. The third-order valence-corrected chi connectivity index (χ3v) is 4.59. The van der Waals surface area contributed by atoms with Gasteiger partial charge in [-0.15, -0.1) is 11.3 Å². The maximum Gasteiger partial charge on any atom is 0.221 e. The first kappa shape index (κ1) is 15.6. The molecule has 0 spiro atoms. The molecule has 2 rings (SSSR count). The van der Waals surface area contributed by atoms with Crippen molar-refractivity contribution in [1.29, 1.82) is 0 Å². The number of aryl methyl sites for hydroxylation is 1. The van der Waals surface area contributed by atoms with Crippen LogP contribution in [0.1, 0.15) is 37.3 Å². The SMILES string of the molecule is CCC(C)(NC(=O)CCc1cccc(F)c1)c1nccs1. The van der Waals surface area contributed by atoms with Crippen molar-refractivity contribution in [2.75, 3.05) is 0 Å². The summed E-state index contributed by atoms with van der Waals surface area (Å²) >= 11 is 1.54. The van der Waals surface area contributed by atoms with E-state index in [2.05, 4.69) is 10.3 Å². The van der Waals surface area contributed by atoms with Crippen molar-refractivity contribution in [1.82, 2.24) is 10.3 Å². The third-order valence-electron chi connectivity index (χ3n) is 3.56. The summed E-state index contributed by atoms with van der Waals surface area (Å²) in [5.41, 5.74) is 0.394. The number of hydrogen-bond donors (Lipinski definition) is 1. The van der Waals surface area contributed by atoms with E-state index < -0.39 is 5.54 Å². The molecule has 1 aromatic carbocycles. The number of nitrogens with zero attached hydrogens (tertiary/aromatic N) is 1. The summed E-state index contributed by atoms with van der Waals surface area (Å²) < 4.78 is 13.1. The van der Waals surface area contributed by atoms with Crippen LogP contribution in [0.25, 0.3) is 0 Å². The van der Waals surface area contributed by atoms with Gasteiger partial charge in [-0.25, -0.2) is 9.37 Å². The van der Waals surface area contributed by atoms with Gasteiger partial charge in [0, 0.05) is 18.0 Å². The van der Waals surface area contributed by atoms with Gasteiger partial charge in [-0.05, 0) is 37.5 Å². The van der Waals surface area contributed by atoms with E-state index in [1.54, 1.807) is 12.3 Å². The molecule has 0 radical (unpaired) electrons. The van der Waals surface area contributed by atoms with Gasteiger partial charge in [-0.3, -0.25) is 4.79 Å². The summed E-state index contributed by atoms with van der Waals surface area (Å²) in [5, 5.41) is 5.86. The number of carbonyl (C=O) groups excluding carboxylic acids is 1. The molecule has 1 atom stereocenters. The molecule has 0 saturated heterocycles. The highest BCUT2D eigenvalue weighted by molar-refractivity contribution is 7.09. The van der Waals surface area contributed by atoms with Crippen LogP contribution in [-0.2, 0) is 16.8 Å². The molecule has 0 saturated carbocycles. The summed E-state index contributed by atoms with van der Waals surface area (Å²) in [4.78, 5) is 16.4. The Bertz CT molecular complexity index is 600. The molecule has 1 N–H and O–H groups in total. The number of thiazole rings is 1. The molecular formula is C16H19FN2OS. The van der Waals surface area contributed by atoms with Gasteiger partial charge in [0.1, 0.15) is 10.8 Å². The monoisotopic (exact) mass is 306 g/mol. The molecule has 1 amide bonds. The predicted molar refractivity (Wildman–Crippen MR) is 82.6 cm³/mol. The van der Waals surface area contributed by atoms with Crippen molar-refractivity contribution in [2.24, 2.45) is 0 Å². The van der Waals surface area contributed by atoms with Crippen LogP contribution in [0.15, 0.2) is 35.8 Å². The summed E-state index contributed by atoms with van der Waals surface area (Å²) in [6.07, 6.45) is 3.38. The Morgan fingerprint density at radius 3 is 2.90 bits per heavy atom. The van der Waals surface area contributed by atoms with Gasteiger partial charge in [-0.2, -0.15) is 0 Å². The van der Waals surface area contributed by atoms with E-state index in [1.807, 2.05) is 25.3 Å². The summed E-state index contributed by atoms with van der Waals surface area (Å²) in [6, 6.07) is 6.36. The Morgan fingerprint density at radius 1 is 1.48 bits per heavy atom. The van der Waals surface area contributed by atoms with Crippen LogP contribution in [-0.4, -0.2) is 10.9 Å². The second-order valence-electron chi connectivity index (χ2n) is 5.20. The van der Waals surface area contributed by atoms with Gasteiger partial charge >= 0.3 is 0 Å². The zero-order valence-corrected chi connectivity index (χ0v) is 13.0. The molecule has 5 heteroatoms. The number of amides is 1. The fraction of sp³-hybridized carbons (Fsp3) is 0.375. The van der Waals surface area contributed by atoms with Crippen molar-refractivity contribution >= 4 is 17.2 Å². The topological polar surface area (TPSA) is 42.0 Å². The van der Waals surface area contributed by atoms with Crippen molar-refractivity contribution in [2.45, 2.75) is 38.6 Å². The fourth-order valence-corrected chi connectivity index (χ4v) is 2.94. The third kappa shape index (κ3) is 4.11. The minimum atomic E-state index is -0.437. The van der Waals surface area contributed by atoms with Gasteiger partial charge in [-0.1, -0.05) is 19.1 Å². The van der Waals surface area contributed by atoms with Crippen LogP contribution >= 0.6 is 11.3 Å². The van der Waals surface area contributed by atoms with Gasteiger partial charge < -0.3 is 5.32 Å². The first-order valence-electron chi connectivity index (χ1n) is 6.99. The predicted octanol–water partition coefficient (Wildman–Crippen LogP) is 3.66. The Hall–Kier alpha value is -1.75. The second-order valence-corrected chi connectivity index (χ2v) is 6.10. The van der Waals surface area contributed by atoms with E-state index in [9.17, 15) is 9.18 Å². The molecule has 1 heterocycles. The number of hydrogen-bond acceptors (Lipinski definition) is 3. The van der Waals surface area contributed by atoms with Crippen LogP contribution in [0, 0.1) is 5.82 Å². The maximum absolute atomic E-state index is 13.1. The highest BCUT2D eigenvalue weighted by Crippen LogP contribution is 2.26. The molecule has 112 valence electrons. The smallest absolute Gasteiger partial charge is 0.221 e. The Morgan fingerprint density at radius 2 is 2.29 bits per heavy atom. The van der Waals surface area contributed by atoms with E-state index in [1.165, 1.54) is 23.5 Å². The first-order chi connectivity index (χ1) is 10.0. The Kier molecular flexibility index (Phi) is 5.07. The minimum absolute atomic E-state index is 0.0428. The standard InChI is InChI=1S/C16H19FN2OS/c1-3-16(2,15-18-9-10-21-15)19-14(20)8-7-12-5-4-6-13(17)11-12/h4-6,9-11H,3,7-8H2,1-2H3,(H,19,20). The lowest BCUT2D eigenvalue weighted by molar-refractivity contribution is -0.123. The molecule has 2 aromatic rings. The van der Waals surface area contributed by atoms with Crippen LogP contribution in [0.5, 0.6) is 0 Å². The van der Waals surface area contributed by atoms with Gasteiger partial charge in [0.15, 0.2) is 0 Å². The highest BCUT2D eigenvalue weighted by atomic mass is 32.1. The lowest BCUT2D eigenvalue weighted by atomic mass is 9.99. The first-order valence-corrected chi connectivity index (χ1v) is 7.87. The molecule has 21 heavy (non-hydrogen) atoms. The molecule has 0 fully saturated rings. The molecule has 0 aliphatic carbocycles. The Labute approximate surface area is 128 Å². The van der Waals surface area contributed by atoms with E-state index in [0.717, 1.165) is 17.0 Å². The normalized spacial score (nSPS) is 13.7.